The number of hydrogen-bond donors (Lipinski definition) is 5. The lowest BCUT2D eigenvalue weighted by atomic mass is 9.99. The van der Waals surface area contributed by atoms with Crippen molar-refractivity contribution in [1.29, 1.82) is 0 Å². The summed E-state index contributed by atoms with van der Waals surface area (Å²) in [7, 11) is -3.66. The smallest absolute Gasteiger partial charge is 0.354 e. The monoisotopic (exact) mass is 521 g/mol. The molecule has 36 heavy (non-hydrogen) atoms. The van der Waals surface area contributed by atoms with Gasteiger partial charge in [0.2, 0.25) is 5.88 Å². The highest BCUT2D eigenvalue weighted by atomic mass is 32.2. The molecule has 2 aromatic rings. The summed E-state index contributed by atoms with van der Waals surface area (Å²) in [6.45, 7) is -1.43. The molecule has 5 rings (SSSR count). The van der Waals surface area contributed by atoms with Gasteiger partial charge in [0, 0.05) is 5.69 Å². The Morgan fingerprint density at radius 1 is 1.25 bits per heavy atom. The average molecular weight is 522 g/mol. The Kier molecular flexibility index (Phi) is 6.78. The van der Waals surface area contributed by atoms with E-state index in [0.717, 1.165) is 55.3 Å². The second kappa shape index (κ2) is 9.72. The van der Waals surface area contributed by atoms with Gasteiger partial charge >= 0.3 is 6.03 Å². The van der Waals surface area contributed by atoms with Gasteiger partial charge in [0.25, 0.3) is 0 Å². The lowest BCUT2D eigenvalue weighted by molar-refractivity contribution is -0.131. The van der Waals surface area contributed by atoms with Crippen molar-refractivity contribution in [2.45, 2.75) is 61.7 Å². The van der Waals surface area contributed by atoms with E-state index in [1.54, 1.807) is 0 Å². The fourth-order valence-electron chi connectivity index (χ4n) is 5.04. The van der Waals surface area contributed by atoms with Crippen LogP contribution in [0.25, 0.3) is 0 Å². The van der Waals surface area contributed by atoms with Gasteiger partial charge in [-0.1, -0.05) is 6.07 Å². The minimum Gasteiger partial charge on any atom is -0.474 e. The van der Waals surface area contributed by atoms with Gasteiger partial charge in [0.05, 0.1) is 32.6 Å². The lowest BCUT2D eigenvalue weighted by Crippen LogP contribution is -2.45. The third-order valence-electron chi connectivity index (χ3n) is 6.96. The standard InChI is InChI=1S/C23H31N5O7S/c24-36(33,19-8-25-28-9-16(10-34-21(19)28)35-13-23(32,11-29)12-30)27-22(31)26-20-17-5-1-3-14(17)7-15-4-2-6-18(15)20/h7-8,16,29-30,32H,1-6,9-13H2,(H3,24,26,27,31,33)/t16-,36?/m1/s1. The number of aliphatic hydroxyl groups is 3. The lowest BCUT2D eigenvalue weighted by Gasteiger charge is -2.29. The molecule has 13 heteroatoms. The Labute approximate surface area is 208 Å². The van der Waals surface area contributed by atoms with Crippen LogP contribution in [0.4, 0.5) is 10.5 Å². The van der Waals surface area contributed by atoms with Gasteiger partial charge in [0.15, 0.2) is 9.92 Å². The molecule has 0 saturated heterocycles. The molecule has 1 unspecified atom stereocenters. The van der Waals surface area contributed by atoms with E-state index in [2.05, 4.69) is 20.8 Å². The van der Waals surface area contributed by atoms with Gasteiger partial charge in [-0.2, -0.15) is 5.10 Å². The van der Waals surface area contributed by atoms with Gasteiger partial charge in [0.1, 0.15) is 23.2 Å². The summed E-state index contributed by atoms with van der Waals surface area (Å²) in [6, 6.07) is 1.48. The number of benzene rings is 1. The van der Waals surface area contributed by atoms with Crippen molar-refractivity contribution in [1.82, 2.24) is 9.78 Å². The van der Waals surface area contributed by atoms with Crippen LogP contribution in [-0.4, -0.2) is 73.5 Å². The van der Waals surface area contributed by atoms with Crippen LogP contribution in [0.1, 0.15) is 35.1 Å². The second-order valence-electron chi connectivity index (χ2n) is 9.60. The van der Waals surface area contributed by atoms with Crippen LogP contribution in [0, 0.1) is 0 Å². The third kappa shape index (κ3) is 4.74. The van der Waals surface area contributed by atoms with Crippen LogP contribution < -0.4 is 15.2 Å². The van der Waals surface area contributed by atoms with E-state index in [9.17, 15) is 24.3 Å². The predicted octanol–water partition coefficient (Wildman–Crippen LogP) is 0.287. The molecule has 0 bridgehead atoms. The average Bonchev–Trinajstić information content (AvgIpc) is 3.61. The number of nitrogens with zero attached hydrogens (tertiary/aromatic N) is 3. The fourth-order valence-corrected chi connectivity index (χ4v) is 6.04. The van der Waals surface area contributed by atoms with Crippen molar-refractivity contribution in [2.75, 3.05) is 31.7 Å². The number of aryl methyl sites for hydroxylation is 2. The van der Waals surface area contributed by atoms with Crippen molar-refractivity contribution in [2.24, 2.45) is 9.50 Å². The van der Waals surface area contributed by atoms with Gasteiger partial charge in [-0.05, 0) is 60.8 Å². The molecule has 3 aliphatic rings. The Morgan fingerprint density at radius 2 is 1.92 bits per heavy atom. The second-order valence-corrected chi connectivity index (χ2v) is 11.4. The van der Waals surface area contributed by atoms with E-state index < -0.39 is 40.9 Å². The number of carbonyl (C=O) groups excluding carboxylic acids is 1. The van der Waals surface area contributed by atoms with E-state index in [1.165, 1.54) is 22.0 Å². The highest BCUT2D eigenvalue weighted by Gasteiger charge is 2.32. The molecule has 2 amide bonds. The maximum Gasteiger partial charge on any atom is 0.354 e. The van der Waals surface area contributed by atoms with Crippen LogP contribution in [0.5, 0.6) is 5.88 Å². The number of urea groups is 1. The summed E-state index contributed by atoms with van der Waals surface area (Å²) in [5.74, 6) is 0.125. The summed E-state index contributed by atoms with van der Waals surface area (Å²) < 4.78 is 29.7. The first kappa shape index (κ1) is 25.1. The van der Waals surface area contributed by atoms with Gasteiger partial charge in [-0.25, -0.2) is 18.8 Å². The summed E-state index contributed by atoms with van der Waals surface area (Å²) in [5, 5.41) is 41.4. The first-order valence-electron chi connectivity index (χ1n) is 12.0. The predicted molar refractivity (Wildman–Crippen MR) is 129 cm³/mol. The summed E-state index contributed by atoms with van der Waals surface area (Å²) in [5.41, 5.74) is 3.80. The van der Waals surface area contributed by atoms with Crippen molar-refractivity contribution >= 4 is 21.6 Å². The zero-order valence-corrected chi connectivity index (χ0v) is 20.6. The number of carbonyl (C=O) groups is 1. The molecule has 0 spiro atoms. The highest BCUT2D eigenvalue weighted by molar-refractivity contribution is 7.91. The summed E-state index contributed by atoms with van der Waals surface area (Å²) >= 11 is 0. The maximum atomic E-state index is 13.3. The number of rotatable bonds is 7. The van der Waals surface area contributed by atoms with Crippen LogP contribution in [0.3, 0.4) is 0 Å². The molecule has 0 radical (unpaired) electrons. The number of nitrogens with two attached hydrogens (primary N) is 1. The third-order valence-corrected chi connectivity index (χ3v) is 8.30. The Balaban J connectivity index is 1.32. The van der Waals surface area contributed by atoms with Crippen molar-refractivity contribution in [3.8, 4) is 5.88 Å². The largest absolute Gasteiger partial charge is 0.474 e. The zero-order valence-electron chi connectivity index (χ0n) is 19.8. The number of aromatic nitrogens is 2. The van der Waals surface area contributed by atoms with Gasteiger partial charge in [-0.15, -0.1) is 4.36 Å². The van der Waals surface area contributed by atoms with Gasteiger partial charge < -0.3 is 30.1 Å². The van der Waals surface area contributed by atoms with Crippen LogP contribution >= 0.6 is 0 Å². The van der Waals surface area contributed by atoms with E-state index in [-0.39, 0.29) is 30.5 Å². The first-order valence-corrected chi connectivity index (χ1v) is 13.6. The van der Waals surface area contributed by atoms with Crippen LogP contribution in [0.15, 0.2) is 21.5 Å². The van der Waals surface area contributed by atoms with Crippen molar-refractivity contribution < 1.29 is 33.8 Å². The van der Waals surface area contributed by atoms with E-state index in [1.807, 2.05) is 0 Å². The molecule has 2 aliphatic carbocycles. The van der Waals surface area contributed by atoms with E-state index in [0.29, 0.717) is 0 Å². The minimum absolute atomic E-state index is 0.00170. The van der Waals surface area contributed by atoms with E-state index >= 15 is 0 Å². The quantitative estimate of drug-likeness (QED) is 0.344. The maximum absolute atomic E-state index is 13.3. The molecule has 6 N–H and O–H groups in total. The highest BCUT2D eigenvalue weighted by Crippen LogP contribution is 2.38. The summed E-state index contributed by atoms with van der Waals surface area (Å²) in [6.07, 6.45) is 6.53. The molecule has 2 heterocycles. The molecular formula is C23H31N5O7S. The number of ether oxygens (including phenoxy) is 2. The normalized spacial score (nSPS) is 20.2. The number of nitrogens with one attached hydrogen (secondary N) is 1. The topological polar surface area (TPSA) is 182 Å². The molecule has 1 aromatic carbocycles. The number of anilines is 1. The molecule has 12 nitrogen and oxygen atoms in total. The van der Waals surface area contributed by atoms with Crippen LogP contribution in [0.2, 0.25) is 0 Å². The molecule has 0 saturated carbocycles. The number of hydrogen-bond acceptors (Lipinski definition) is 8. The molecule has 196 valence electrons. The van der Waals surface area contributed by atoms with Crippen molar-refractivity contribution in [3.05, 3.63) is 34.5 Å². The SMILES string of the molecule is NS(=O)(=NC(=O)Nc1c2c(cc3c1CCC3)CCC2)c1cnn2c1OC[C@H](OCC(O)(CO)CO)C2. The number of amides is 2. The Bertz CT molecular complexity index is 1260. The molecule has 2 atom stereocenters. The number of fused-ring (bicyclic) bond motifs is 3. The van der Waals surface area contributed by atoms with E-state index in [4.69, 9.17) is 14.6 Å². The molecule has 0 fully saturated rings. The Morgan fingerprint density at radius 3 is 2.56 bits per heavy atom. The number of aliphatic hydroxyl groups excluding tert-OH is 2. The summed E-state index contributed by atoms with van der Waals surface area (Å²) in [4.78, 5) is 12.9. The van der Waals surface area contributed by atoms with Gasteiger partial charge in [-0.3, -0.25) is 0 Å². The Hall–Kier alpha value is -2.55. The molecule has 1 aromatic heterocycles. The van der Waals surface area contributed by atoms with Crippen molar-refractivity contribution in [3.63, 3.8) is 0 Å². The van der Waals surface area contributed by atoms with Crippen LogP contribution in [-0.2, 0) is 46.9 Å². The fraction of sp³-hybridized carbons (Fsp3) is 0.565. The molecule has 1 aliphatic heterocycles. The molecular weight excluding hydrogens is 490 g/mol. The first-order chi connectivity index (χ1) is 17.2. The zero-order chi connectivity index (χ0) is 25.5. The minimum atomic E-state index is -3.66.